The van der Waals surface area contributed by atoms with Crippen LogP contribution in [0.25, 0.3) is 5.69 Å². The van der Waals surface area contributed by atoms with Gasteiger partial charge in [-0.15, -0.1) is 0 Å². The lowest BCUT2D eigenvalue weighted by Crippen LogP contribution is -2.17. The zero-order valence-electron chi connectivity index (χ0n) is 9.74. The van der Waals surface area contributed by atoms with Crippen LogP contribution < -0.4 is 0 Å². The number of aromatic nitrogens is 2. The predicted octanol–water partition coefficient (Wildman–Crippen LogP) is 3.82. The van der Waals surface area contributed by atoms with Crippen molar-refractivity contribution in [1.82, 2.24) is 9.78 Å². The van der Waals surface area contributed by atoms with Crippen LogP contribution in [0.4, 0.5) is 0 Å². The molecule has 0 saturated carbocycles. The quantitative estimate of drug-likeness (QED) is 0.734. The van der Waals surface area contributed by atoms with E-state index in [-0.39, 0.29) is 5.41 Å². The minimum absolute atomic E-state index is 0.0683. The summed E-state index contributed by atoms with van der Waals surface area (Å²) in [5, 5.41) is 5.08. The fourth-order valence-electron chi connectivity index (χ4n) is 1.68. The van der Waals surface area contributed by atoms with Crippen LogP contribution in [-0.2, 0) is 5.41 Å². The first-order chi connectivity index (χ1) is 7.48. The van der Waals surface area contributed by atoms with Crippen LogP contribution in [0, 0.1) is 0 Å². The molecule has 16 heavy (non-hydrogen) atoms. The van der Waals surface area contributed by atoms with Crippen LogP contribution in [0.3, 0.4) is 0 Å². The zero-order valence-corrected chi connectivity index (χ0v) is 10.5. The molecule has 2 nitrogen and oxygen atoms in total. The molecule has 0 atom stereocenters. The first-order valence-corrected chi connectivity index (χ1v) is 5.67. The van der Waals surface area contributed by atoms with Gasteiger partial charge in [0.2, 0.25) is 0 Å². The summed E-state index contributed by atoms with van der Waals surface area (Å²) >= 11 is 5.99. The Balaban J connectivity index is 2.53. The highest BCUT2D eigenvalue weighted by Crippen LogP contribution is 2.25. The van der Waals surface area contributed by atoms with Crippen molar-refractivity contribution < 1.29 is 0 Å². The molecule has 0 fully saturated rings. The van der Waals surface area contributed by atoms with Crippen molar-refractivity contribution in [1.29, 1.82) is 0 Å². The van der Waals surface area contributed by atoms with Crippen molar-refractivity contribution in [2.75, 3.05) is 0 Å². The molecule has 1 aromatic carbocycles. The van der Waals surface area contributed by atoms with E-state index in [1.165, 1.54) is 5.69 Å². The molecular formula is C13H15ClN2. The summed E-state index contributed by atoms with van der Waals surface area (Å²) in [6, 6.07) is 9.77. The van der Waals surface area contributed by atoms with Gasteiger partial charge in [-0.25, -0.2) is 4.68 Å². The molecule has 0 aliphatic rings. The van der Waals surface area contributed by atoms with Crippen molar-refractivity contribution in [3.8, 4) is 5.69 Å². The summed E-state index contributed by atoms with van der Waals surface area (Å²) in [4.78, 5) is 0. The van der Waals surface area contributed by atoms with Crippen molar-refractivity contribution in [2.24, 2.45) is 0 Å². The largest absolute Gasteiger partial charge is 0.237 e. The van der Waals surface area contributed by atoms with E-state index < -0.39 is 0 Å². The van der Waals surface area contributed by atoms with E-state index in [4.69, 9.17) is 11.6 Å². The SMILES string of the molecule is CC(C)(C)c1ccnn1-c1cccc(Cl)c1. The van der Waals surface area contributed by atoms with E-state index >= 15 is 0 Å². The number of hydrogen-bond acceptors (Lipinski definition) is 1. The van der Waals surface area contributed by atoms with E-state index in [0.29, 0.717) is 0 Å². The van der Waals surface area contributed by atoms with Gasteiger partial charge in [0.1, 0.15) is 0 Å². The first-order valence-electron chi connectivity index (χ1n) is 5.29. The maximum atomic E-state index is 5.99. The predicted molar refractivity (Wildman–Crippen MR) is 67.3 cm³/mol. The molecule has 0 spiro atoms. The van der Waals surface area contributed by atoms with E-state index in [1.54, 1.807) is 0 Å². The molecule has 0 saturated heterocycles. The number of halogens is 1. The zero-order chi connectivity index (χ0) is 11.8. The molecule has 1 heterocycles. The Morgan fingerprint density at radius 2 is 1.94 bits per heavy atom. The molecule has 0 unspecified atom stereocenters. The normalized spacial score (nSPS) is 11.8. The second-order valence-corrected chi connectivity index (χ2v) is 5.29. The maximum absolute atomic E-state index is 5.99. The van der Waals surface area contributed by atoms with E-state index in [1.807, 2.05) is 41.2 Å². The molecule has 2 rings (SSSR count). The number of benzene rings is 1. The monoisotopic (exact) mass is 234 g/mol. The van der Waals surface area contributed by atoms with Gasteiger partial charge < -0.3 is 0 Å². The fourth-order valence-corrected chi connectivity index (χ4v) is 1.87. The van der Waals surface area contributed by atoms with Crippen molar-refractivity contribution in [3.05, 3.63) is 47.2 Å². The van der Waals surface area contributed by atoms with E-state index in [0.717, 1.165) is 10.7 Å². The van der Waals surface area contributed by atoms with Gasteiger partial charge in [-0.2, -0.15) is 5.10 Å². The molecule has 0 aliphatic heterocycles. The highest BCUT2D eigenvalue weighted by molar-refractivity contribution is 6.30. The average molecular weight is 235 g/mol. The Morgan fingerprint density at radius 1 is 1.19 bits per heavy atom. The highest BCUT2D eigenvalue weighted by atomic mass is 35.5. The van der Waals surface area contributed by atoms with E-state index in [9.17, 15) is 0 Å². The Labute approximate surface area is 101 Å². The van der Waals surface area contributed by atoms with Crippen molar-refractivity contribution >= 4 is 11.6 Å². The Morgan fingerprint density at radius 3 is 2.56 bits per heavy atom. The van der Waals surface area contributed by atoms with Crippen LogP contribution >= 0.6 is 11.6 Å². The smallest absolute Gasteiger partial charge is 0.0663 e. The second-order valence-electron chi connectivity index (χ2n) is 4.86. The molecule has 0 N–H and O–H groups in total. The molecule has 3 heteroatoms. The molecule has 1 aromatic heterocycles. The minimum atomic E-state index is 0.0683. The van der Waals surface area contributed by atoms with Crippen LogP contribution in [0.1, 0.15) is 26.5 Å². The fraction of sp³-hybridized carbons (Fsp3) is 0.308. The Bertz CT molecular complexity index is 495. The molecule has 0 aliphatic carbocycles. The third-order valence-electron chi connectivity index (χ3n) is 2.46. The lowest BCUT2D eigenvalue weighted by Gasteiger charge is -2.20. The van der Waals surface area contributed by atoms with Gasteiger partial charge in [0.05, 0.1) is 5.69 Å². The number of nitrogens with zero attached hydrogens (tertiary/aromatic N) is 2. The molecule has 0 bridgehead atoms. The lowest BCUT2D eigenvalue weighted by atomic mass is 9.92. The van der Waals surface area contributed by atoms with Gasteiger partial charge in [0.25, 0.3) is 0 Å². The average Bonchev–Trinajstić information content (AvgIpc) is 2.65. The highest BCUT2D eigenvalue weighted by Gasteiger charge is 2.19. The van der Waals surface area contributed by atoms with Gasteiger partial charge >= 0.3 is 0 Å². The van der Waals surface area contributed by atoms with Gasteiger partial charge in [-0.05, 0) is 24.3 Å². The first kappa shape index (κ1) is 11.2. The van der Waals surface area contributed by atoms with Gasteiger partial charge in [-0.3, -0.25) is 0 Å². The Hall–Kier alpha value is -1.28. The number of rotatable bonds is 1. The Kier molecular flexibility index (Phi) is 2.76. The molecular weight excluding hydrogens is 220 g/mol. The summed E-state index contributed by atoms with van der Waals surface area (Å²) in [5.74, 6) is 0. The summed E-state index contributed by atoms with van der Waals surface area (Å²) < 4.78 is 1.94. The van der Waals surface area contributed by atoms with Crippen molar-refractivity contribution in [3.63, 3.8) is 0 Å². The summed E-state index contributed by atoms with van der Waals surface area (Å²) in [6.07, 6.45) is 1.82. The third-order valence-corrected chi connectivity index (χ3v) is 2.70. The van der Waals surface area contributed by atoms with Crippen LogP contribution in [-0.4, -0.2) is 9.78 Å². The molecule has 0 amide bonds. The molecule has 2 aromatic rings. The second kappa shape index (κ2) is 3.95. The van der Waals surface area contributed by atoms with Crippen LogP contribution in [0.15, 0.2) is 36.5 Å². The standard InChI is InChI=1S/C13H15ClN2/c1-13(2,3)12-7-8-15-16(12)11-6-4-5-10(14)9-11/h4-9H,1-3H3. The van der Waals surface area contributed by atoms with Crippen LogP contribution in [0.2, 0.25) is 5.02 Å². The van der Waals surface area contributed by atoms with E-state index in [2.05, 4.69) is 25.9 Å². The van der Waals surface area contributed by atoms with Gasteiger partial charge in [0.15, 0.2) is 0 Å². The molecule has 84 valence electrons. The summed E-state index contributed by atoms with van der Waals surface area (Å²) in [5.41, 5.74) is 2.25. The maximum Gasteiger partial charge on any atom is 0.0663 e. The third kappa shape index (κ3) is 2.12. The number of hydrogen-bond donors (Lipinski definition) is 0. The van der Waals surface area contributed by atoms with Gasteiger partial charge in [-0.1, -0.05) is 38.4 Å². The minimum Gasteiger partial charge on any atom is -0.237 e. The van der Waals surface area contributed by atoms with Crippen LogP contribution in [0.5, 0.6) is 0 Å². The molecule has 0 radical (unpaired) electrons. The summed E-state index contributed by atoms with van der Waals surface area (Å²) in [6.45, 7) is 6.52. The lowest BCUT2D eigenvalue weighted by molar-refractivity contribution is 0.544. The van der Waals surface area contributed by atoms with Gasteiger partial charge in [0, 0.05) is 22.3 Å². The topological polar surface area (TPSA) is 17.8 Å². The summed E-state index contributed by atoms with van der Waals surface area (Å²) in [7, 11) is 0. The van der Waals surface area contributed by atoms with Crippen molar-refractivity contribution in [2.45, 2.75) is 26.2 Å².